The number of thioether (sulfide) groups is 1. The molecule has 3 aliphatic rings. The van der Waals surface area contributed by atoms with Gasteiger partial charge in [-0.3, -0.25) is 14.9 Å². The molecule has 7 nitrogen and oxygen atoms in total. The second-order valence-corrected chi connectivity index (χ2v) is 8.99. The predicted octanol–water partition coefficient (Wildman–Crippen LogP) is 1.88. The first-order chi connectivity index (χ1) is 13.0. The lowest BCUT2D eigenvalue weighted by atomic mass is 9.96. The summed E-state index contributed by atoms with van der Waals surface area (Å²) < 4.78 is 1.03. The molecule has 3 N–H and O–H groups in total. The standard InChI is InChI=1S/C18H22BrN5O2S/c1-10-8-12(2-3-13(10)19)22-16(25)11-4-6-24(7-5-11)18-23-15-14(27-18)17(26)21-9-20-15/h2-3,8,11,14-15,20H,4-7,9H2,1H3,(H,21,26)(H,22,25). The van der Waals surface area contributed by atoms with Gasteiger partial charge in [-0.25, -0.2) is 4.99 Å². The molecule has 0 spiro atoms. The Morgan fingerprint density at radius 3 is 2.85 bits per heavy atom. The number of carbonyl (C=O) groups is 2. The third-order valence-electron chi connectivity index (χ3n) is 5.16. The normalized spacial score (nSPS) is 25.6. The summed E-state index contributed by atoms with van der Waals surface area (Å²) >= 11 is 5.00. The maximum absolute atomic E-state index is 12.6. The summed E-state index contributed by atoms with van der Waals surface area (Å²) in [7, 11) is 0. The average Bonchev–Trinajstić information content (AvgIpc) is 3.11. The lowest BCUT2D eigenvalue weighted by molar-refractivity contribution is -0.122. The largest absolute Gasteiger partial charge is 0.351 e. The highest BCUT2D eigenvalue weighted by atomic mass is 79.9. The van der Waals surface area contributed by atoms with Crippen LogP contribution in [0.2, 0.25) is 0 Å². The summed E-state index contributed by atoms with van der Waals surface area (Å²) in [5.41, 5.74) is 1.93. The first-order valence-electron chi connectivity index (χ1n) is 9.09. The number of halogens is 1. The number of piperidine rings is 1. The van der Waals surface area contributed by atoms with Crippen LogP contribution in [0.5, 0.6) is 0 Å². The van der Waals surface area contributed by atoms with E-state index in [4.69, 9.17) is 0 Å². The zero-order valence-electron chi connectivity index (χ0n) is 15.0. The van der Waals surface area contributed by atoms with Crippen LogP contribution in [-0.4, -0.2) is 53.1 Å². The van der Waals surface area contributed by atoms with Gasteiger partial charge in [-0.2, -0.15) is 0 Å². The van der Waals surface area contributed by atoms with Gasteiger partial charge in [0.25, 0.3) is 0 Å². The van der Waals surface area contributed by atoms with Crippen LogP contribution in [0, 0.1) is 12.8 Å². The molecule has 0 bridgehead atoms. The van der Waals surface area contributed by atoms with E-state index in [0.717, 1.165) is 46.8 Å². The summed E-state index contributed by atoms with van der Waals surface area (Å²) in [6.07, 6.45) is 1.44. The number of amidine groups is 1. The average molecular weight is 452 g/mol. The maximum Gasteiger partial charge on any atom is 0.238 e. The highest BCUT2D eigenvalue weighted by Gasteiger charge is 2.40. The number of amides is 2. The number of nitrogens with one attached hydrogen (secondary N) is 3. The van der Waals surface area contributed by atoms with Crippen molar-refractivity contribution in [1.82, 2.24) is 15.5 Å². The van der Waals surface area contributed by atoms with Crippen LogP contribution in [0.4, 0.5) is 5.69 Å². The van der Waals surface area contributed by atoms with Crippen LogP contribution < -0.4 is 16.0 Å². The molecule has 2 fully saturated rings. The number of likely N-dealkylation sites (tertiary alicyclic amines) is 1. The molecule has 4 rings (SSSR count). The van der Waals surface area contributed by atoms with Gasteiger partial charge in [-0.05, 0) is 43.5 Å². The van der Waals surface area contributed by atoms with Crippen molar-refractivity contribution < 1.29 is 9.59 Å². The SMILES string of the molecule is Cc1cc(NC(=O)C2CCN(C3=NC4NCNC(=O)C4S3)CC2)ccc1Br. The Kier molecular flexibility index (Phi) is 5.43. The quantitative estimate of drug-likeness (QED) is 0.638. The fraction of sp³-hybridized carbons (Fsp3) is 0.500. The number of anilines is 1. The molecule has 0 aromatic heterocycles. The number of aliphatic imine (C=N–C) groups is 1. The van der Waals surface area contributed by atoms with Gasteiger partial charge in [-0.15, -0.1) is 0 Å². The van der Waals surface area contributed by atoms with Crippen molar-refractivity contribution in [3.05, 3.63) is 28.2 Å². The molecule has 2 saturated heterocycles. The Hall–Kier alpha value is -1.58. The Balaban J connectivity index is 1.31. The van der Waals surface area contributed by atoms with Gasteiger partial charge >= 0.3 is 0 Å². The molecule has 0 radical (unpaired) electrons. The Morgan fingerprint density at radius 1 is 1.37 bits per heavy atom. The van der Waals surface area contributed by atoms with Crippen LogP contribution >= 0.6 is 27.7 Å². The van der Waals surface area contributed by atoms with E-state index in [0.29, 0.717) is 6.67 Å². The van der Waals surface area contributed by atoms with E-state index in [1.54, 1.807) is 0 Å². The summed E-state index contributed by atoms with van der Waals surface area (Å²) in [6, 6.07) is 5.83. The van der Waals surface area contributed by atoms with E-state index in [2.05, 4.69) is 41.8 Å². The van der Waals surface area contributed by atoms with E-state index in [-0.39, 0.29) is 29.1 Å². The van der Waals surface area contributed by atoms with Crippen molar-refractivity contribution >= 4 is 50.4 Å². The molecular formula is C18H22BrN5O2S. The molecule has 2 amide bonds. The van der Waals surface area contributed by atoms with Crippen molar-refractivity contribution in [2.24, 2.45) is 10.9 Å². The van der Waals surface area contributed by atoms with Crippen LogP contribution in [0.1, 0.15) is 18.4 Å². The number of aryl methyl sites for hydroxylation is 1. The van der Waals surface area contributed by atoms with Crippen molar-refractivity contribution in [3.63, 3.8) is 0 Å². The minimum absolute atomic E-state index is 0.000840. The van der Waals surface area contributed by atoms with Crippen molar-refractivity contribution in [3.8, 4) is 0 Å². The van der Waals surface area contributed by atoms with Crippen molar-refractivity contribution in [2.45, 2.75) is 31.2 Å². The first-order valence-corrected chi connectivity index (χ1v) is 10.8. The number of carbonyl (C=O) groups excluding carboxylic acids is 2. The number of hydrogen-bond donors (Lipinski definition) is 3. The minimum atomic E-state index is -0.185. The lowest BCUT2D eigenvalue weighted by Gasteiger charge is -2.32. The fourth-order valence-electron chi connectivity index (χ4n) is 3.54. The lowest BCUT2D eigenvalue weighted by Crippen LogP contribution is -2.54. The van der Waals surface area contributed by atoms with Crippen molar-refractivity contribution in [2.75, 3.05) is 25.1 Å². The molecule has 3 heterocycles. The number of benzene rings is 1. The molecule has 144 valence electrons. The smallest absolute Gasteiger partial charge is 0.238 e. The van der Waals surface area contributed by atoms with Gasteiger partial charge < -0.3 is 15.5 Å². The van der Waals surface area contributed by atoms with Crippen LogP contribution in [0.15, 0.2) is 27.7 Å². The van der Waals surface area contributed by atoms with E-state index in [1.165, 1.54) is 11.8 Å². The molecule has 1 aromatic carbocycles. The van der Waals surface area contributed by atoms with Gasteiger partial charge in [0.05, 0.1) is 6.67 Å². The fourth-order valence-corrected chi connectivity index (χ4v) is 5.00. The second-order valence-electron chi connectivity index (χ2n) is 7.03. The number of rotatable bonds is 2. The topological polar surface area (TPSA) is 85.8 Å². The van der Waals surface area contributed by atoms with E-state index in [1.807, 2.05) is 25.1 Å². The monoisotopic (exact) mass is 451 g/mol. The van der Waals surface area contributed by atoms with Crippen LogP contribution in [-0.2, 0) is 9.59 Å². The molecule has 3 aliphatic heterocycles. The number of fused-ring (bicyclic) bond motifs is 1. The van der Waals surface area contributed by atoms with E-state index < -0.39 is 0 Å². The first kappa shape index (κ1) is 18.8. The molecular weight excluding hydrogens is 430 g/mol. The highest BCUT2D eigenvalue weighted by Crippen LogP contribution is 2.31. The molecule has 1 aromatic rings. The van der Waals surface area contributed by atoms with Crippen molar-refractivity contribution in [1.29, 1.82) is 0 Å². The van der Waals surface area contributed by atoms with Gasteiger partial charge in [0.15, 0.2) is 5.17 Å². The number of hydrogen-bond acceptors (Lipinski definition) is 6. The van der Waals surface area contributed by atoms with Gasteiger partial charge in [-0.1, -0.05) is 27.7 Å². The summed E-state index contributed by atoms with van der Waals surface area (Å²) in [5, 5.41) is 9.78. The Morgan fingerprint density at radius 2 is 2.15 bits per heavy atom. The molecule has 0 aliphatic carbocycles. The highest BCUT2D eigenvalue weighted by molar-refractivity contribution is 9.10. The predicted molar refractivity (Wildman–Crippen MR) is 111 cm³/mol. The third kappa shape index (κ3) is 4.00. The molecule has 27 heavy (non-hydrogen) atoms. The maximum atomic E-state index is 12.6. The third-order valence-corrected chi connectivity index (χ3v) is 7.35. The van der Waals surface area contributed by atoms with E-state index in [9.17, 15) is 9.59 Å². The second kappa shape index (κ2) is 7.81. The molecule has 2 unspecified atom stereocenters. The summed E-state index contributed by atoms with van der Waals surface area (Å²) in [6.45, 7) is 4.04. The zero-order chi connectivity index (χ0) is 19.0. The Bertz CT molecular complexity index is 794. The molecule has 0 saturated carbocycles. The zero-order valence-corrected chi connectivity index (χ0v) is 17.4. The van der Waals surface area contributed by atoms with Crippen LogP contribution in [0.3, 0.4) is 0 Å². The minimum Gasteiger partial charge on any atom is -0.351 e. The Labute approximate surface area is 170 Å². The van der Waals surface area contributed by atoms with E-state index >= 15 is 0 Å². The van der Waals surface area contributed by atoms with Crippen LogP contribution in [0.25, 0.3) is 0 Å². The molecule has 9 heteroatoms. The number of nitrogens with zero attached hydrogens (tertiary/aromatic N) is 2. The summed E-state index contributed by atoms with van der Waals surface area (Å²) in [5.74, 6) is 0.120. The van der Waals surface area contributed by atoms with Gasteiger partial charge in [0, 0.05) is 29.2 Å². The van der Waals surface area contributed by atoms with Gasteiger partial charge in [0.2, 0.25) is 11.8 Å². The molecule has 2 atom stereocenters. The van der Waals surface area contributed by atoms with Gasteiger partial charge in [0.1, 0.15) is 11.4 Å². The summed E-state index contributed by atoms with van der Waals surface area (Å²) in [4.78, 5) is 31.4.